The first-order valence-electron chi connectivity index (χ1n) is 8.18. The highest BCUT2D eigenvalue weighted by atomic mass is 32.2. The summed E-state index contributed by atoms with van der Waals surface area (Å²) < 4.78 is 48.4. The molecule has 0 spiro atoms. The van der Waals surface area contributed by atoms with Gasteiger partial charge in [-0.15, -0.1) is 0 Å². The number of sulfonamides is 1. The predicted molar refractivity (Wildman–Crippen MR) is 102 cm³/mol. The molecule has 0 fully saturated rings. The van der Waals surface area contributed by atoms with Crippen molar-refractivity contribution in [1.29, 1.82) is 0 Å². The van der Waals surface area contributed by atoms with E-state index in [1.54, 1.807) is 44.4 Å². The lowest BCUT2D eigenvalue weighted by Gasteiger charge is -2.20. The summed E-state index contributed by atoms with van der Waals surface area (Å²) >= 11 is 0. The summed E-state index contributed by atoms with van der Waals surface area (Å²) in [6.45, 7) is 1.88. The van der Waals surface area contributed by atoms with E-state index >= 15 is 0 Å². The molecule has 0 radical (unpaired) electrons. The van der Waals surface area contributed by atoms with Crippen molar-refractivity contribution in [3.63, 3.8) is 0 Å². The third-order valence-electron chi connectivity index (χ3n) is 4.20. The van der Waals surface area contributed by atoms with Crippen LogP contribution in [-0.4, -0.2) is 48.2 Å². The van der Waals surface area contributed by atoms with Crippen LogP contribution in [0, 0.1) is 6.92 Å². The van der Waals surface area contributed by atoms with Crippen LogP contribution in [-0.2, 0) is 16.6 Å². The Bertz CT molecular complexity index is 885. The molecule has 8 heteroatoms. The van der Waals surface area contributed by atoms with Gasteiger partial charge in [0, 0.05) is 13.6 Å². The Hall–Kier alpha value is -2.45. The van der Waals surface area contributed by atoms with Crippen molar-refractivity contribution in [3.8, 4) is 23.0 Å². The molecule has 0 aliphatic carbocycles. The number of hydrogen-bond donors (Lipinski definition) is 0. The lowest BCUT2D eigenvalue weighted by atomic mass is 10.2. The van der Waals surface area contributed by atoms with Crippen LogP contribution in [0.2, 0.25) is 0 Å². The molecule has 7 nitrogen and oxygen atoms in total. The molecule has 0 aromatic heterocycles. The largest absolute Gasteiger partial charge is 0.497 e. The molecule has 0 N–H and O–H groups in total. The topological polar surface area (TPSA) is 74.3 Å². The van der Waals surface area contributed by atoms with E-state index in [1.165, 1.54) is 32.7 Å². The van der Waals surface area contributed by atoms with Crippen molar-refractivity contribution >= 4 is 10.0 Å². The molecule has 0 aliphatic heterocycles. The summed E-state index contributed by atoms with van der Waals surface area (Å²) in [5.74, 6) is 2.01. The van der Waals surface area contributed by atoms with E-state index in [2.05, 4.69) is 0 Å². The van der Waals surface area contributed by atoms with Gasteiger partial charge in [-0.05, 0) is 48.4 Å². The van der Waals surface area contributed by atoms with Gasteiger partial charge in [0.15, 0.2) is 11.5 Å². The lowest BCUT2D eigenvalue weighted by Crippen LogP contribution is -2.27. The van der Waals surface area contributed by atoms with Gasteiger partial charge < -0.3 is 18.9 Å². The highest BCUT2D eigenvalue weighted by Gasteiger charge is 2.24. The van der Waals surface area contributed by atoms with Crippen molar-refractivity contribution in [2.75, 3.05) is 35.5 Å². The Morgan fingerprint density at radius 1 is 0.889 bits per heavy atom. The quantitative estimate of drug-likeness (QED) is 0.684. The van der Waals surface area contributed by atoms with Crippen LogP contribution < -0.4 is 18.9 Å². The molecule has 0 unspecified atom stereocenters. The van der Waals surface area contributed by atoms with Crippen molar-refractivity contribution in [2.24, 2.45) is 0 Å². The van der Waals surface area contributed by atoms with Crippen molar-refractivity contribution in [1.82, 2.24) is 4.31 Å². The second-order valence-electron chi connectivity index (χ2n) is 5.93. The first-order valence-corrected chi connectivity index (χ1v) is 9.62. The highest BCUT2D eigenvalue weighted by Crippen LogP contribution is 2.38. The first kappa shape index (κ1) is 20.9. The number of nitrogens with zero attached hydrogens (tertiary/aromatic N) is 1. The number of aryl methyl sites for hydroxylation is 1. The van der Waals surface area contributed by atoms with Crippen LogP contribution in [0.15, 0.2) is 35.2 Å². The van der Waals surface area contributed by atoms with Crippen LogP contribution in [0.4, 0.5) is 0 Å². The van der Waals surface area contributed by atoms with Gasteiger partial charge >= 0.3 is 0 Å². The second kappa shape index (κ2) is 8.49. The zero-order valence-electron chi connectivity index (χ0n) is 16.4. The van der Waals surface area contributed by atoms with Crippen molar-refractivity contribution in [2.45, 2.75) is 18.4 Å². The normalized spacial score (nSPS) is 11.4. The summed E-state index contributed by atoms with van der Waals surface area (Å²) in [7, 11) is 3.94. The molecule has 2 rings (SSSR count). The molecular weight excluding hydrogens is 370 g/mol. The van der Waals surface area contributed by atoms with Gasteiger partial charge in [-0.1, -0.05) is 0 Å². The van der Waals surface area contributed by atoms with Crippen LogP contribution in [0.3, 0.4) is 0 Å². The van der Waals surface area contributed by atoms with E-state index in [1.807, 2.05) is 0 Å². The average Bonchev–Trinajstić information content (AvgIpc) is 2.66. The maximum Gasteiger partial charge on any atom is 0.243 e. The summed E-state index contributed by atoms with van der Waals surface area (Å²) in [6, 6.07) is 8.34. The predicted octanol–water partition coefficient (Wildman–Crippen LogP) is 2.85. The molecular formula is C19H25NO6S. The van der Waals surface area contributed by atoms with Gasteiger partial charge in [-0.2, -0.15) is 4.31 Å². The maximum atomic E-state index is 13.0. The zero-order valence-corrected chi connectivity index (χ0v) is 17.2. The number of ether oxygens (including phenoxy) is 4. The Balaban J connectivity index is 2.37. The SMILES string of the molecule is COc1ccc(S(=O)(=O)N(C)Cc2cc(OC)c(OC)c(OC)c2)c(C)c1. The summed E-state index contributed by atoms with van der Waals surface area (Å²) in [4.78, 5) is 0.234. The highest BCUT2D eigenvalue weighted by molar-refractivity contribution is 7.89. The van der Waals surface area contributed by atoms with E-state index in [0.717, 1.165) is 0 Å². The molecule has 0 saturated heterocycles. The third kappa shape index (κ3) is 4.28. The summed E-state index contributed by atoms with van der Waals surface area (Å²) in [5, 5.41) is 0. The zero-order chi connectivity index (χ0) is 20.2. The molecule has 27 heavy (non-hydrogen) atoms. The lowest BCUT2D eigenvalue weighted by molar-refractivity contribution is 0.323. The minimum atomic E-state index is -3.68. The van der Waals surface area contributed by atoms with E-state index < -0.39 is 10.0 Å². The van der Waals surface area contributed by atoms with E-state index in [9.17, 15) is 8.42 Å². The van der Waals surface area contributed by atoms with Crippen LogP contribution in [0.1, 0.15) is 11.1 Å². The molecule has 0 heterocycles. The Morgan fingerprint density at radius 2 is 1.48 bits per heavy atom. The van der Waals surface area contributed by atoms with E-state index in [4.69, 9.17) is 18.9 Å². The van der Waals surface area contributed by atoms with E-state index in [-0.39, 0.29) is 11.4 Å². The van der Waals surface area contributed by atoms with Gasteiger partial charge in [0.25, 0.3) is 0 Å². The summed E-state index contributed by atoms with van der Waals surface area (Å²) in [6.07, 6.45) is 0. The summed E-state index contributed by atoms with van der Waals surface area (Å²) in [5.41, 5.74) is 1.33. The first-order chi connectivity index (χ1) is 12.8. The minimum Gasteiger partial charge on any atom is -0.497 e. The average molecular weight is 395 g/mol. The molecule has 0 bridgehead atoms. The molecule has 2 aromatic carbocycles. The fourth-order valence-electron chi connectivity index (χ4n) is 2.77. The molecule has 0 saturated carbocycles. The van der Waals surface area contributed by atoms with Gasteiger partial charge in [-0.25, -0.2) is 8.42 Å². The van der Waals surface area contributed by atoms with Gasteiger partial charge in [0.1, 0.15) is 5.75 Å². The molecule has 0 atom stereocenters. The van der Waals surface area contributed by atoms with Gasteiger partial charge in [0.05, 0.1) is 33.3 Å². The number of methoxy groups -OCH3 is 4. The standard InChI is InChI=1S/C19H25NO6S/c1-13-9-15(23-3)7-8-18(13)27(21,22)20(2)12-14-10-16(24-4)19(26-6)17(11-14)25-5/h7-11H,12H2,1-6H3. The van der Waals surface area contributed by atoms with Crippen LogP contribution in [0.5, 0.6) is 23.0 Å². The number of benzene rings is 2. The smallest absolute Gasteiger partial charge is 0.243 e. The Morgan fingerprint density at radius 3 is 1.93 bits per heavy atom. The fraction of sp³-hybridized carbons (Fsp3) is 0.368. The van der Waals surface area contributed by atoms with Crippen LogP contribution in [0.25, 0.3) is 0 Å². The fourth-order valence-corrected chi connectivity index (χ4v) is 4.14. The maximum absolute atomic E-state index is 13.0. The van der Waals surface area contributed by atoms with Crippen LogP contribution >= 0.6 is 0 Å². The van der Waals surface area contributed by atoms with Gasteiger partial charge in [-0.3, -0.25) is 0 Å². The number of rotatable bonds is 8. The van der Waals surface area contributed by atoms with Crippen molar-refractivity contribution in [3.05, 3.63) is 41.5 Å². The van der Waals surface area contributed by atoms with Crippen molar-refractivity contribution < 1.29 is 27.4 Å². The van der Waals surface area contributed by atoms with Gasteiger partial charge in [0.2, 0.25) is 15.8 Å². The molecule has 148 valence electrons. The minimum absolute atomic E-state index is 0.143. The molecule has 0 amide bonds. The Labute approximate surface area is 160 Å². The molecule has 0 aliphatic rings. The molecule has 2 aromatic rings. The Kier molecular flexibility index (Phi) is 6.56. The second-order valence-corrected chi connectivity index (χ2v) is 7.94. The monoisotopic (exact) mass is 395 g/mol. The third-order valence-corrected chi connectivity index (χ3v) is 6.16. The van der Waals surface area contributed by atoms with E-state index in [0.29, 0.717) is 34.1 Å². The number of hydrogen-bond acceptors (Lipinski definition) is 6.